The van der Waals surface area contributed by atoms with Gasteiger partial charge in [-0.15, -0.1) is 0 Å². The van der Waals surface area contributed by atoms with Gasteiger partial charge in [0.25, 0.3) is 0 Å². The second-order valence-electron chi connectivity index (χ2n) is 7.15. The van der Waals surface area contributed by atoms with Gasteiger partial charge in [-0.25, -0.2) is 4.79 Å². The van der Waals surface area contributed by atoms with Gasteiger partial charge in [-0.1, -0.05) is 51.1 Å². The number of carbonyl (C=O) groups is 1. The average molecular weight is 292 g/mol. The molecule has 118 valence electrons. The predicted octanol–water partition coefficient (Wildman–Crippen LogP) is 3.36. The molecule has 0 saturated heterocycles. The molecule has 4 nitrogen and oxygen atoms in total. The molecule has 0 aromatic heterocycles. The summed E-state index contributed by atoms with van der Waals surface area (Å²) >= 11 is 0. The van der Waals surface area contributed by atoms with Gasteiger partial charge in [0.05, 0.1) is 0 Å². The zero-order valence-electron chi connectivity index (χ0n) is 13.8. The molecule has 0 aliphatic rings. The van der Waals surface area contributed by atoms with E-state index >= 15 is 0 Å². The van der Waals surface area contributed by atoms with Gasteiger partial charge < -0.3 is 15.7 Å². The Labute approximate surface area is 128 Å². The molecule has 1 amide bonds. The van der Waals surface area contributed by atoms with Crippen LogP contribution in [0.5, 0.6) is 0 Å². The van der Waals surface area contributed by atoms with Crippen LogP contribution in [-0.2, 0) is 6.42 Å². The lowest BCUT2D eigenvalue weighted by molar-refractivity contribution is 0.0239. The van der Waals surface area contributed by atoms with E-state index in [0.717, 1.165) is 5.56 Å². The SMILES string of the molecule is CC(C)(C)C(C)(C)N(CC(N)Cc1ccccc1)C(=O)O. The van der Waals surface area contributed by atoms with Crippen molar-refractivity contribution in [3.8, 4) is 0 Å². The standard InChI is InChI=1S/C17H28N2O2/c1-16(2,3)17(4,5)19(15(20)21)12-14(18)11-13-9-7-6-8-10-13/h6-10,14H,11-12,18H2,1-5H3,(H,20,21). The number of hydrogen-bond donors (Lipinski definition) is 2. The first kappa shape index (κ1) is 17.5. The lowest BCUT2D eigenvalue weighted by atomic mass is 9.75. The van der Waals surface area contributed by atoms with Crippen LogP contribution in [0.4, 0.5) is 4.79 Å². The number of rotatable bonds is 5. The Bertz CT molecular complexity index is 463. The molecule has 3 N–H and O–H groups in total. The Morgan fingerprint density at radius 3 is 2.14 bits per heavy atom. The summed E-state index contributed by atoms with van der Waals surface area (Å²) in [5.74, 6) is 0. The van der Waals surface area contributed by atoms with Crippen molar-refractivity contribution in [2.24, 2.45) is 11.1 Å². The molecule has 0 aliphatic heterocycles. The van der Waals surface area contributed by atoms with Gasteiger partial charge in [0, 0.05) is 18.1 Å². The first-order valence-electron chi connectivity index (χ1n) is 7.36. The van der Waals surface area contributed by atoms with Crippen molar-refractivity contribution in [1.82, 2.24) is 4.90 Å². The molecule has 0 aliphatic carbocycles. The summed E-state index contributed by atoms with van der Waals surface area (Å²) in [6.45, 7) is 10.4. The van der Waals surface area contributed by atoms with Crippen LogP contribution >= 0.6 is 0 Å². The van der Waals surface area contributed by atoms with E-state index in [1.54, 1.807) is 0 Å². The minimum atomic E-state index is -0.918. The molecule has 4 heteroatoms. The van der Waals surface area contributed by atoms with Crippen LogP contribution in [0.1, 0.15) is 40.2 Å². The molecule has 21 heavy (non-hydrogen) atoms. The molecule has 0 spiro atoms. The van der Waals surface area contributed by atoms with Crippen molar-refractivity contribution in [3.05, 3.63) is 35.9 Å². The van der Waals surface area contributed by atoms with Gasteiger partial charge in [0.1, 0.15) is 0 Å². The molecule has 0 fully saturated rings. The van der Waals surface area contributed by atoms with Gasteiger partial charge in [-0.2, -0.15) is 0 Å². The molecule has 1 aromatic carbocycles. The van der Waals surface area contributed by atoms with Crippen LogP contribution in [0.2, 0.25) is 0 Å². The minimum Gasteiger partial charge on any atom is -0.465 e. The van der Waals surface area contributed by atoms with Gasteiger partial charge >= 0.3 is 6.09 Å². The van der Waals surface area contributed by atoms with Crippen molar-refractivity contribution in [2.75, 3.05) is 6.54 Å². The molecule has 0 bridgehead atoms. The third-order valence-electron chi connectivity index (χ3n) is 4.50. The molecule has 0 saturated carbocycles. The van der Waals surface area contributed by atoms with Crippen molar-refractivity contribution in [2.45, 2.75) is 52.6 Å². The lowest BCUT2D eigenvalue weighted by Gasteiger charge is -2.47. The normalized spacial score (nSPS) is 13.8. The van der Waals surface area contributed by atoms with E-state index in [-0.39, 0.29) is 11.5 Å². The van der Waals surface area contributed by atoms with Crippen LogP contribution in [0.15, 0.2) is 30.3 Å². The molecule has 1 aromatic rings. The monoisotopic (exact) mass is 292 g/mol. The fourth-order valence-corrected chi connectivity index (χ4v) is 2.17. The van der Waals surface area contributed by atoms with Gasteiger partial charge in [0.15, 0.2) is 0 Å². The van der Waals surface area contributed by atoms with Gasteiger partial charge in [0.2, 0.25) is 0 Å². The lowest BCUT2D eigenvalue weighted by Crippen LogP contribution is -2.58. The second-order valence-corrected chi connectivity index (χ2v) is 7.15. The Hall–Kier alpha value is -1.55. The smallest absolute Gasteiger partial charge is 0.407 e. The summed E-state index contributed by atoms with van der Waals surface area (Å²) in [5.41, 5.74) is 6.65. The Balaban J connectivity index is 2.82. The van der Waals surface area contributed by atoms with Crippen molar-refractivity contribution in [1.29, 1.82) is 0 Å². The van der Waals surface area contributed by atoms with Crippen molar-refractivity contribution >= 4 is 6.09 Å². The summed E-state index contributed by atoms with van der Waals surface area (Å²) in [5, 5.41) is 9.56. The summed E-state index contributed by atoms with van der Waals surface area (Å²) in [6.07, 6.45) is -0.247. The summed E-state index contributed by atoms with van der Waals surface area (Å²) in [7, 11) is 0. The maximum Gasteiger partial charge on any atom is 0.407 e. The molecule has 1 unspecified atom stereocenters. The topological polar surface area (TPSA) is 66.6 Å². The minimum absolute atomic E-state index is 0.169. The van der Waals surface area contributed by atoms with Crippen LogP contribution in [0.3, 0.4) is 0 Å². The first-order chi connectivity index (χ1) is 9.55. The average Bonchev–Trinajstić information content (AvgIpc) is 2.35. The number of benzene rings is 1. The van der Waals surface area contributed by atoms with E-state index in [1.807, 2.05) is 65.0 Å². The zero-order chi connectivity index (χ0) is 16.3. The van der Waals surface area contributed by atoms with E-state index in [0.29, 0.717) is 13.0 Å². The Morgan fingerprint density at radius 1 is 1.19 bits per heavy atom. The fourth-order valence-electron chi connectivity index (χ4n) is 2.17. The maximum absolute atomic E-state index is 11.7. The zero-order valence-corrected chi connectivity index (χ0v) is 13.8. The second kappa shape index (κ2) is 6.48. The molecular formula is C17H28N2O2. The highest BCUT2D eigenvalue weighted by atomic mass is 16.4. The van der Waals surface area contributed by atoms with Crippen molar-refractivity contribution in [3.63, 3.8) is 0 Å². The first-order valence-corrected chi connectivity index (χ1v) is 7.36. The Kier molecular flexibility index (Phi) is 5.40. The van der Waals surface area contributed by atoms with Crippen LogP contribution in [0, 0.1) is 5.41 Å². The number of nitrogens with two attached hydrogens (primary N) is 1. The van der Waals surface area contributed by atoms with E-state index in [9.17, 15) is 9.90 Å². The summed E-state index contributed by atoms with van der Waals surface area (Å²) < 4.78 is 0. The third kappa shape index (κ3) is 4.46. The molecular weight excluding hydrogens is 264 g/mol. The van der Waals surface area contributed by atoms with Crippen LogP contribution in [-0.4, -0.2) is 34.2 Å². The molecule has 0 radical (unpaired) electrons. The van der Waals surface area contributed by atoms with Crippen LogP contribution in [0.25, 0.3) is 0 Å². The molecule has 1 atom stereocenters. The largest absolute Gasteiger partial charge is 0.465 e. The van der Waals surface area contributed by atoms with Gasteiger partial charge in [-0.3, -0.25) is 0 Å². The van der Waals surface area contributed by atoms with E-state index in [1.165, 1.54) is 4.90 Å². The molecule has 0 heterocycles. The summed E-state index contributed by atoms with van der Waals surface area (Å²) in [6, 6.07) is 9.71. The number of nitrogens with zero attached hydrogens (tertiary/aromatic N) is 1. The number of hydrogen-bond acceptors (Lipinski definition) is 2. The van der Waals surface area contributed by atoms with Crippen LogP contribution < -0.4 is 5.73 Å². The summed E-state index contributed by atoms with van der Waals surface area (Å²) in [4.78, 5) is 13.1. The maximum atomic E-state index is 11.7. The fraction of sp³-hybridized carbons (Fsp3) is 0.588. The van der Waals surface area contributed by atoms with E-state index in [4.69, 9.17) is 5.73 Å². The predicted molar refractivity (Wildman–Crippen MR) is 86.4 cm³/mol. The molecule has 1 rings (SSSR count). The van der Waals surface area contributed by atoms with Gasteiger partial charge in [-0.05, 0) is 31.2 Å². The highest BCUT2D eigenvalue weighted by molar-refractivity contribution is 5.66. The number of carboxylic acid groups (broad SMARTS) is 1. The quantitative estimate of drug-likeness (QED) is 0.874. The Morgan fingerprint density at radius 2 is 1.71 bits per heavy atom. The third-order valence-corrected chi connectivity index (χ3v) is 4.50. The highest BCUT2D eigenvalue weighted by Gasteiger charge is 2.41. The van der Waals surface area contributed by atoms with Crippen molar-refractivity contribution < 1.29 is 9.90 Å². The van der Waals surface area contributed by atoms with E-state index < -0.39 is 11.6 Å². The highest BCUT2D eigenvalue weighted by Crippen LogP contribution is 2.35. The number of amides is 1. The van der Waals surface area contributed by atoms with E-state index in [2.05, 4.69) is 0 Å².